The molecule has 116 valence electrons. The van der Waals surface area contributed by atoms with Crippen molar-refractivity contribution in [3.8, 4) is 11.8 Å². The Hall–Kier alpha value is -1.54. The van der Waals surface area contributed by atoms with Gasteiger partial charge in [0.05, 0.1) is 17.0 Å². The molecule has 1 aromatic carbocycles. The molecular weight excluding hydrogens is 316 g/mol. The van der Waals surface area contributed by atoms with E-state index in [0.29, 0.717) is 13.0 Å². The van der Waals surface area contributed by atoms with Gasteiger partial charge in [-0.2, -0.15) is 5.26 Å². The van der Waals surface area contributed by atoms with Crippen molar-refractivity contribution in [2.75, 3.05) is 13.2 Å². The zero-order valence-electron chi connectivity index (χ0n) is 12.3. The first-order valence-electron chi connectivity index (χ1n) is 7.31. The first kappa shape index (κ1) is 16.8. The second kappa shape index (κ2) is 9.47. The summed E-state index contributed by atoms with van der Waals surface area (Å²) in [6.07, 6.45) is 2.29. The predicted molar refractivity (Wildman–Crippen MR) is 91.5 cm³/mol. The summed E-state index contributed by atoms with van der Waals surface area (Å²) in [7, 11) is 0. The average Bonchev–Trinajstić information content (AvgIpc) is 2.94. The van der Waals surface area contributed by atoms with Crippen LogP contribution in [0.4, 0.5) is 0 Å². The molecule has 2 aromatic rings. The Bertz CT molecular complexity index is 621. The van der Waals surface area contributed by atoms with Crippen LogP contribution in [0.25, 0.3) is 0 Å². The van der Waals surface area contributed by atoms with Gasteiger partial charge in [0.1, 0.15) is 5.75 Å². The van der Waals surface area contributed by atoms with Gasteiger partial charge in [-0.3, -0.25) is 0 Å². The van der Waals surface area contributed by atoms with Gasteiger partial charge >= 0.3 is 0 Å². The van der Waals surface area contributed by atoms with Crippen molar-refractivity contribution in [2.24, 2.45) is 0 Å². The Balaban J connectivity index is 1.70. The van der Waals surface area contributed by atoms with Gasteiger partial charge in [0.15, 0.2) is 0 Å². The Morgan fingerprint density at radius 3 is 2.95 bits per heavy atom. The van der Waals surface area contributed by atoms with Crippen molar-refractivity contribution < 1.29 is 4.74 Å². The largest absolute Gasteiger partial charge is 0.494 e. The Kier molecular flexibility index (Phi) is 7.24. The van der Waals surface area contributed by atoms with E-state index in [1.54, 1.807) is 11.3 Å². The predicted octanol–water partition coefficient (Wildman–Crippen LogP) is 4.42. The van der Waals surface area contributed by atoms with Crippen LogP contribution in [0.5, 0.6) is 5.75 Å². The summed E-state index contributed by atoms with van der Waals surface area (Å²) >= 11 is 7.55. The summed E-state index contributed by atoms with van der Waals surface area (Å²) in [5.41, 5.74) is 1.20. The molecule has 1 heterocycles. The number of ether oxygens (including phenoxy) is 1. The number of benzene rings is 1. The second-order valence-electron chi connectivity index (χ2n) is 4.89. The number of nitriles is 1. The summed E-state index contributed by atoms with van der Waals surface area (Å²) in [5.74, 6) is 0.863. The highest BCUT2D eigenvalue weighted by atomic mass is 35.5. The monoisotopic (exact) mass is 334 g/mol. The Labute approximate surface area is 140 Å². The summed E-state index contributed by atoms with van der Waals surface area (Å²) in [6, 6.07) is 14.2. The van der Waals surface area contributed by atoms with E-state index in [-0.39, 0.29) is 0 Å². The minimum absolute atomic E-state index is 0.536. The van der Waals surface area contributed by atoms with Gasteiger partial charge in [0, 0.05) is 24.4 Å². The molecule has 1 aromatic heterocycles. The fourth-order valence-corrected chi connectivity index (χ4v) is 3.10. The summed E-state index contributed by atoms with van der Waals surface area (Å²) < 4.78 is 6.48. The fraction of sp³-hybridized carbons (Fsp3) is 0.353. The smallest absolute Gasteiger partial charge is 0.119 e. The summed E-state index contributed by atoms with van der Waals surface area (Å²) in [5, 5.41) is 11.9. The molecule has 1 N–H and O–H groups in total. The molecule has 5 heteroatoms. The molecule has 22 heavy (non-hydrogen) atoms. The zero-order valence-corrected chi connectivity index (χ0v) is 13.9. The molecule has 2 rings (SSSR count). The van der Waals surface area contributed by atoms with Crippen LogP contribution in [0, 0.1) is 11.3 Å². The molecule has 0 aliphatic carbocycles. The van der Waals surface area contributed by atoms with Crippen LogP contribution in [0.3, 0.4) is 0 Å². The van der Waals surface area contributed by atoms with E-state index in [2.05, 4.69) is 23.5 Å². The molecule has 0 aliphatic rings. The minimum Gasteiger partial charge on any atom is -0.494 e. The molecule has 0 fully saturated rings. The van der Waals surface area contributed by atoms with Crippen molar-refractivity contribution in [2.45, 2.75) is 25.8 Å². The molecule has 3 nitrogen and oxygen atoms in total. The van der Waals surface area contributed by atoms with Gasteiger partial charge < -0.3 is 10.1 Å². The number of nitrogens with one attached hydrogen (secondary N) is 1. The lowest BCUT2D eigenvalue weighted by atomic mass is 10.2. The lowest BCUT2D eigenvalue weighted by Gasteiger charge is -2.08. The molecule has 0 bridgehead atoms. The van der Waals surface area contributed by atoms with Gasteiger partial charge in [-0.25, -0.2) is 0 Å². The number of thiophene rings is 1. The van der Waals surface area contributed by atoms with Gasteiger partial charge in [0.2, 0.25) is 0 Å². The van der Waals surface area contributed by atoms with E-state index in [1.165, 1.54) is 10.4 Å². The summed E-state index contributed by atoms with van der Waals surface area (Å²) in [4.78, 5) is 1.30. The van der Waals surface area contributed by atoms with Crippen LogP contribution in [-0.4, -0.2) is 13.2 Å². The number of halogens is 1. The van der Waals surface area contributed by atoms with Crippen LogP contribution in [0.15, 0.2) is 36.4 Å². The van der Waals surface area contributed by atoms with Crippen molar-refractivity contribution in [3.05, 3.63) is 51.2 Å². The summed E-state index contributed by atoms with van der Waals surface area (Å²) in [6.45, 7) is 2.32. The topological polar surface area (TPSA) is 45.0 Å². The van der Waals surface area contributed by atoms with E-state index in [4.69, 9.17) is 21.6 Å². The van der Waals surface area contributed by atoms with Crippen LogP contribution < -0.4 is 10.1 Å². The zero-order chi connectivity index (χ0) is 15.6. The highest BCUT2D eigenvalue weighted by molar-refractivity contribution is 7.16. The lowest BCUT2D eigenvalue weighted by molar-refractivity contribution is 0.312. The Morgan fingerprint density at radius 2 is 2.18 bits per heavy atom. The maximum absolute atomic E-state index is 8.49. The van der Waals surface area contributed by atoms with Crippen LogP contribution in [0.2, 0.25) is 4.34 Å². The van der Waals surface area contributed by atoms with E-state index >= 15 is 0 Å². The van der Waals surface area contributed by atoms with E-state index < -0.39 is 0 Å². The first-order chi connectivity index (χ1) is 10.8. The lowest BCUT2D eigenvalue weighted by Crippen LogP contribution is -2.16. The van der Waals surface area contributed by atoms with Gasteiger partial charge in [-0.15, -0.1) is 11.3 Å². The standard InChI is InChI=1S/C17H19ClN2OS/c18-17-7-6-16(22-17)8-10-20-13-14-4-3-5-15(12-14)21-11-2-1-9-19/h3-7,12,20H,1-2,8,10-11,13H2. The number of unbranched alkanes of at least 4 members (excludes halogenated alkanes) is 1. The third-order valence-electron chi connectivity index (χ3n) is 3.11. The second-order valence-corrected chi connectivity index (χ2v) is 6.69. The Morgan fingerprint density at radius 1 is 1.27 bits per heavy atom. The quantitative estimate of drug-likeness (QED) is 0.690. The maximum atomic E-state index is 8.49. The molecule has 0 aliphatic heterocycles. The third kappa shape index (κ3) is 6.07. The SMILES string of the molecule is N#CCCCOc1cccc(CNCCc2ccc(Cl)s2)c1. The molecule has 0 atom stereocenters. The minimum atomic E-state index is 0.536. The maximum Gasteiger partial charge on any atom is 0.119 e. The van der Waals surface area contributed by atoms with E-state index in [9.17, 15) is 0 Å². The van der Waals surface area contributed by atoms with Crippen LogP contribution in [0.1, 0.15) is 23.3 Å². The van der Waals surface area contributed by atoms with Crippen LogP contribution in [-0.2, 0) is 13.0 Å². The first-order valence-corrected chi connectivity index (χ1v) is 8.51. The molecule has 0 unspecified atom stereocenters. The number of hydrogen-bond acceptors (Lipinski definition) is 4. The third-order valence-corrected chi connectivity index (χ3v) is 4.40. The van der Waals surface area contributed by atoms with Crippen molar-refractivity contribution in [1.29, 1.82) is 5.26 Å². The van der Waals surface area contributed by atoms with Crippen molar-refractivity contribution in [1.82, 2.24) is 5.32 Å². The van der Waals surface area contributed by atoms with Gasteiger partial charge in [0.25, 0.3) is 0 Å². The van der Waals surface area contributed by atoms with Crippen LogP contribution >= 0.6 is 22.9 Å². The molecule has 0 saturated carbocycles. The van der Waals surface area contributed by atoms with E-state index in [1.807, 2.05) is 24.3 Å². The van der Waals surface area contributed by atoms with Crippen molar-refractivity contribution >= 4 is 22.9 Å². The highest BCUT2D eigenvalue weighted by Gasteiger charge is 2.00. The highest BCUT2D eigenvalue weighted by Crippen LogP contribution is 2.21. The molecule has 0 saturated heterocycles. The molecule has 0 amide bonds. The number of rotatable bonds is 9. The number of nitrogens with zero attached hydrogens (tertiary/aromatic N) is 1. The average molecular weight is 335 g/mol. The van der Waals surface area contributed by atoms with Gasteiger partial charge in [-0.1, -0.05) is 23.7 Å². The normalized spacial score (nSPS) is 10.4. The fourth-order valence-electron chi connectivity index (χ4n) is 2.02. The van der Waals surface area contributed by atoms with Crippen molar-refractivity contribution in [3.63, 3.8) is 0 Å². The molecular formula is C17H19ClN2OS. The van der Waals surface area contributed by atoms with Gasteiger partial charge in [-0.05, 0) is 42.7 Å². The number of hydrogen-bond donors (Lipinski definition) is 1. The molecule has 0 spiro atoms. The van der Waals surface area contributed by atoms with E-state index in [0.717, 1.165) is 36.0 Å². The molecule has 0 radical (unpaired) electrons.